The van der Waals surface area contributed by atoms with Gasteiger partial charge in [0.1, 0.15) is 5.69 Å². The monoisotopic (exact) mass is 418 g/mol. The zero-order valence-corrected chi connectivity index (χ0v) is 16.8. The second kappa shape index (κ2) is 7.68. The average molecular weight is 418 g/mol. The molecule has 0 spiro atoms. The van der Waals surface area contributed by atoms with Crippen LogP contribution in [-0.4, -0.2) is 43.2 Å². The SMILES string of the molecule is O=C(Nc1nc2c(s1)CN(C(=O)Cc1c[nH]c3ccccc13)CC2)c1cnccn1. The fourth-order valence-electron chi connectivity index (χ4n) is 3.59. The van der Waals surface area contributed by atoms with Crippen LogP contribution < -0.4 is 5.32 Å². The molecule has 0 saturated carbocycles. The summed E-state index contributed by atoms with van der Waals surface area (Å²) in [6.45, 7) is 1.13. The lowest BCUT2D eigenvalue weighted by molar-refractivity contribution is -0.131. The average Bonchev–Trinajstić information content (AvgIpc) is 3.37. The Morgan fingerprint density at radius 2 is 2.13 bits per heavy atom. The van der Waals surface area contributed by atoms with Crippen LogP contribution >= 0.6 is 11.3 Å². The Morgan fingerprint density at radius 1 is 1.23 bits per heavy atom. The predicted molar refractivity (Wildman–Crippen MR) is 113 cm³/mol. The summed E-state index contributed by atoms with van der Waals surface area (Å²) in [4.78, 5) is 43.7. The number of aromatic nitrogens is 4. The van der Waals surface area contributed by atoms with Gasteiger partial charge in [0.2, 0.25) is 5.91 Å². The quantitative estimate of drug-likeness (QED) is 0.530. The van der Waals surface area contributed by atoms with E-state index in [9.17, 15) is 9.59 Å². The molecule has 4 aromatic rings. The molecule has 30 heavy (non-hydrogen) atoms. The Bertz CT molecular complexity index is 1230. The second-order valence-electron chi connectivity index (χ2n) is 7.04. The van der Waals surface area contributed by atoms with Gasteiger partial charge in [-0.25, -0.2) is 9.97 Å². The number of fused-ring (bicyclic) bond motifs is 2. The van der Waals surface area contributed by atoms with Gasteiger partial charge in [0.25, 0.3) is 5.91 Å². The van der Waals surface area contributed by atoms with Crippen molar-refractivity contribution in [2.24, 2.45) is 0 Å². The zero-order chi connectivity index (χ0) is 20.5. The summed E-state index contributed by atoms with van der Waals surface area (Å²) in [5.41, 5.74) is 3.21. The highest BCUT2D eigenvalue weighted by Crippen LogP contribution is 2.29. The van der Waals surface area contributed by atoms with E-state index in [2.05, 4.69) is 25.3 Å². The molecule has 0 aliphatic carbocycles. The molecule has 4 heterocycles. The van der Waals surface area contributed by atoms with Gasteiger partial charge in [-0.15, -0.1) is 0 Å². The van der Waals surface area contributed by atoms with Crippen molar-refractivity contribution < 1.29 is 9.59 Å². The summed E-state index contributed by atoms with van der Waals surface area (Å²) in [5, 5.41) is 4.37. The van der Waals surface area contributed by atoms with Gasteiger partial charge in [-0.05, 0) is 11.6 Å². The maximum atomic E-state index is 12.9. The molecule has 0 atom stereocenters. The van der Waals surface area contributed by atoms with Crippen molar-refractivity contribution in [1.82, 2.24) is 24.8 Å². The summed E-state index contributed by atoms with van der Waals surface area (Å²) in [7, 11) is 0. The van der Waals surface area contributed by atoms with Crippen molar-refractivity contribution >= 4 is 39.2 Å². The Labute approximate surface area is 176 Å². The van der Waals surface area contributed by atoms with Crippen LogP contribution in [-0.2, 0) is 24.2 Å². The Hall–Kier alpha value is -3.59. The van der Waals surface area contributed by atoms with Crippen LogP contribution in [0.5, 0.6) is 0 Å². The lowest BCUT2D eigenvalue weighted by Gasteiger charge is -2.26. The van der Waals surface area contributed by atoms with E-state index in [0.717, 1.165) is 27.0 Å². The van der Waals surface area contributed by atoms with Gasteiger partial charge in [0.15, 0.2) is 5.13 Å². The minimum atomic E-state index is -0.346. The summed E-state index contributed by atoms with van der Waals surface area (Å²) in [6.07, 6.45) is 7.33. The smallest absolute Gasteiger partial charge is 0.277 e. The third-order valence-corrected chi connectivity index (χ3v) is 6.11. The molecule has 150 valence electrons. The van der Waals surface area contributed by atoms with Gasteiger partial charge in [0.05, 0.1) is 24.9 Å². The first-order valence-corrected chi connectivity index (χ1v) is 10.4. The Morgan fingerprint density at radius 3 is 3.00 bits per heavy atom. The molecule has 1 aliphatic heterocycles. The van der Waals surface area contributed by atoms with Crippen LogP contribution in [0.4, 0.5) is 5.13 Å². The normalized spacial score (nSPS) is 13.3. The van der Waals surface area contributed by atoms with Gasteiger partial charge < -0.3 is 9.88 Å². The molecule has 3 aromatic heterocycles. The van der Waals surface area contributed by atoms with Crippen molar-refractivity contribution in [1.29, 1.82) is 0 Å². The van der Waals surface area contributed by atoms with Crippen molar-refractivity contribution in [3.05, 3.63) is 70.9 Å². The number of hydrogen-bond acceptors (Lipinski definition) is 6. The molecule has 0 fully saturated rings. The molecule has 0 radical (unpaired) electrons. The molecule has 2 N–H and O–H groups in total. The first-order chi connectivity index (χ1) is 14.7. The molecule has 8 nitrogen and oxygen atoms in total. The summed E-state index contributed by atoms with van der Waals surface area (Å²) < 4.78 is 0. The van der Waals surface area contributed by atoms with Crippen LogP contribution in [0.15, 0.2) is 49.1 Å². The molecule has 9 heteroatoms. The van der Waals surface area contributed by atoms with Crippen molar-refractivity contribution in [3.8, 4) is 0 Å². The van der Waals surface area contributed by atoms with Gasteiger partial charge >= 0.3 is 0 Å². The second-order valence-corrected chi connectivity index (χ2v) is 8.12. The zero-order valence-electron chi connectivity index (χ0n) is 16.0. The molecular formula is C21H18N6O2S. The van der Waals surface area contributed by atoms with Gasteiger partial charge in [0, 0.05) is 47.3 Å². The van der Waals surface area contributed by atoms with E-state index in [1.54, 1.807) is 0 Å². The molecule has 1 aliphatic rings. The van der Waals surface area contributed by atoms with E-state index in [-0.39, 0.29) is 17.5 Å². The molecule has 2 amide bonds. The Kier molecular flexibility index (Phi) is 4.72. The van der Waals surface area contributed by atoms with Gasteiger partial charge in [-0.3, -0.25) is 19.9 Å². The van der Waals surface area contributed by atoms with Gasteiger partial charge in [-0.2, -0.15) is 0 Å². The number of benzene rings is 1. The number of carbonyl (C=O) groups excluding carboxylic acids is 2. The minimum Gasteiger partial charge on any atom is -0.361 e. The minimum absolute atomic E-state index is 0.0870. The first-order valence-electron chi connectivity index (χ1n) is 9.56. The van der Waals surface area contributed by atoms with E-state index in [4.69, 9.17) is 0 Å². The van der Waals surface area contributed by atoms with Crippen LogP contribution in [0.2, 0.25) is 0 Å². The summed E-state index contributed by atoms with van der Waals surface area (Å²) in [5.74, 6) is -0.259. The number of H-pyrrole nitrogens is 1. The van der Waals surface area contributed by atoms with E-state index in [1.807, 2.05) is 35.4 Å². The number of nitrogens with one attached hydrogen (secondary N) is 2. The van der Waals surface area contributed by atoms with Crippen LogP contribution in [0.1, 0.15) is 26.6 Å². The van der Waals surface area contributed by atoms with Crippen molar-refractivity contribution in [2.75, 3.05) is 11.9 Å². The highest BCUT2D eigenvalue weighted by atomic mass is 32.1. The van der Waals surface area contributed by atoms with E-state index < -0.39 is 0 Å². The molecule has 0 bridgehead atoms. The standard InChI is InChI=1S/C21H18N6O2S/c28-19(9-13-10-24-15-4-2-1-3-14(13)15)27-8-5-16-18(12-27)30-21(25-16)26-20(29)17-11-22-6-7-23-17/h1-4,6-7,10-11,24H,5,8-9,12H2,(H,25,26,29). The molecule has 0 saturated heterocycles. The number of amides is 2. The highest BCUT2D eigenvalue weighted by molar-refractivity contribution is 7.15. The lowest BCUT2D eigenvalue weighted by atomic mass is 10.1. The van der Waals surface area contributed by atoms with Crippen molar-refractivity contribution in [3.63, 3.8) is 0 Å². The van der Waals surface area contributed by atoms with Crippen LogP contribution in [0.3, 0.4) is 0 Å². The van der Waals surface area contributed by atoms with Crippen LogP contribution in [0.25, 0.3) is 10.9 Å². The highest BCUT2D eigenvalue weighted by Gasteiger charge is 2.25. The van der Waals surface area contributed by atoms with Crippen molar-refractivity contribution in [2.45, 2.75) is 19.4 Å². The number of hydrogen-bond donors (Lipinski definition) is 2. The number of rotatable bonds is 4. The Balaban J connectivity index is 1.27. The number of thiazole rings is 1. The maximum absolute atomic E-state index is 12.9. The fourth-order valence-corrected chi connectivity index (χ4v) is 4.61. The molecule has 0 unspecified atom stereocenters. The largest absolute Gasteiger partial charge is 0.361 e. The maximum Gasteiger partial charge on any atom is 0.277 e. The summed E-state index contributed by atoms with van der Waals surface area (Å²) in [6, 6.07) is 7.98. The number of para-hydroxylation sites is 1. The first kappa shape index (κ1) is 18.4. The number of anilines is 1. The number of aromatic amines is 1. The number of nitrogens with zero attached hydrogens (tertiary/aromatic N) is 4. The van der Waals surface area contributed by atoms with E-state index in [1.165, 1.54) is 29.9 Å². The van der Waals surface area contributed by atoms with Gasteiger partial charge in [-0.1, -0.05) is 29.5 Å². The van der Waals surface area contributed by atoms with E-state index in [0.29, 0.717) is 31.1 Å². The lowest BCUT2D eigenvalue weighted by Crippen LogP contribution is -2.36. The topological polar surface area (TPSA) is 104 Å². The summed E-state index contributed by atoms with van der Waals surface area (Å²) >= 11 is 1.40. The molecular weight excluding hydrogens is 400 g/mol. The fraction of sp³-hybridized carbons (Fsp3) is 0.190. The molecule has 5 rings (SSSR count). The number of carbonyl (C=O) groups is 2. The van der Waals surface area contributed by atoms with E-state index >= 15 is 0 Å². The third-order valence-electron chi connectivity index (χ3n) is 5.12. The molecule has 1 aromatic carbocycles. The predicted octanol–water partition coefficient (Wildman–Crippen LogP) is 2.79. The van der Waals surface area contributed by atoms with Crippen LogP contribution in [0, 0.1) is 0 Å². The third kappa shape index (κ3) is 3.55.